The first-order valence-corrected chi connectivity index (χ1v) is 4.35. The Kier molecular flexibility index (Phi) is 4.92. The maximum Gasteiger partial charge on any atom is 0.222 e. The Morgan fingerprint density at radius 3 is 2.09 bits per heavy atom. The molecule has 1 aliphatic rings. The van der Waals surface area contributed by atoms with E-state index in [9.17, 15) is 4.79 Å². The second-order valence-electron chi connectivity index (χ2n) is 3.29. The summed E-state index contributed by atoms with van der Waals surface area (Å²) in [4.78, 5) is 12.5. The zero-order valence-corrected chi connectivity index (χ0v) is 8.05. The van der Waals surface area contributed by atoms with Crippen molar-refractivity contribution in [3.8, 4) is 0 Å². The smallest absolute Gasteiger partial charge is 0.222 e. The highest BCUT2D eigenvalue weighted by atomic mass is 16.2. The zero-order valence-electron chi connectivity index (χ0n) is 8.05. The van der Waals surface area contributed by atoms with Gasteiger partial charge in [0.15, 0.2) is 0 Å². The summed E-state index contributed by atoms with van der Waals surface area (Å²) < 4.78 is 0. The van der Waals surface area contributed by atoms with Crippen molar-refractivity contribution >= 4 is 5.91 Å². The normalized spacial score (nSPS) is 23.1. The maximum atomic E-state index is 10.7. The van der Waals surface area contributed by atoms with Crippen LogP contribution in [0.15, 0.2) is 0 Å². The van der Waals surface area contributed by atoms with Crippen LogP contribution in [0.5, 0.6) is 0 Å². The molecule has 1 saturated heterocycles. The summed E-state index contributed by atoms with van der Waals surface area (Å²) in [5, 5.41) is 0. The molecule has 2 nitrogen and oxygen atoms in total. The summed E-state index contributed by atoms with van der Waals surface area (Å²) in [6, 6.07) is 0. The van der Waals surface area contributed by atoms with E-state index in [2.05, 4.69) is 20.8 Å². The Labute approximate surface area is 69.6 Å². The molecule has 1 amide bonds. The average molecular weight is 157 g/mol. The van der Waals surface area contributed by atoms with Gasteiger partial charge < -0.3 is 4.90 Å². The van der Waals surface area contributed by atoms with E-state index >= 15 is 0 Å². The third kappa shape index (κ3) is 4.02. The van der Waals surface area contributed by atoms with Gasteiger partial charge in [-0.2, -0.15) is 0 Å². The minimum Gasteiger partial charge on any atom is -0.345 e. The summed E-state index contributed by atoms with van der Waals surface area (Å²) in [5.74, 6) is 0.866. The fourth-order valence-corrected chi connectivity index (χ4v) is 1.09. The molecule has 1 atom stereocenters. The fraction of sp³-hybridized carbons (Fsp3) is 0.889. The first kappa shape index (κ1) is 10.5. The van der Waals surface area contributed by atoms with Crippen LogP contribution in [0.3, 0.4) is 0 Å². The first-order valence-electron chi connectivity index (χ1n) is 4.35. The van der Waals surface area contributed by atoms with Crippen LogP contribution in [0.2, 0.25) is 0 Å². The van der Waals surface area contributed by atoms with Crippen molar-refractivity contribution in [3.05, 3.63) is 0 Å². The van der Waals surface area contributed by atoms with Crippen LogP contribution in [0.25, 0.3) is 0 Å². The number of nitrogens with zero attached hydrogens (tertiary/aromatic N) is 1. The van der Waals surface area contributed by atoms with Crippen molar-refractivity contribution in [1.82, 2.24) is 4.90 Å². The highest BCUT2D eigenvalue weighted by molar-refractivity contribution is 5.78. The van der Waals surface area contributed by atoms with Crippen molar-refractivity contribution < 1.29 is 4.79 Å². The second-order valence-corrected chi connectivity index (χ2v) is 3.29. The highest BCUT2D eigenvalue weighted by Gasteiger charge is 2.22. The third-order valence-electron chi connectivity index (χ3n) is 1.53. The minimum absolute atomic E-state index is 0.289. The average Bonchev–Trinajstić information content (AvgIpc) is 2.12. The molecule has 0 aromatic rings. The van der Waals surface area contributed by atoms with Gasteiger partial charge in [-0.3, -0.25) is 4.79 Å². The van der Waals surface area contributed by atoms with Gasteiger partial charge in [0.25, 0.3) is 0 Å². The molecule has 1 rings (SSSR count). The van der Waals surface area contributed by atoms with Crippen LogP contribution in [0.4, 0.5) is 0 Å². The molecular formula is C9H19NO. The third-order valence-corrected chi connectivity index (χ3v) is 1.53. The van der Waals surface area contributed by atoms with Crippen molar-refractivity contribution in [3.63, 3.8) is 0 Å². The summed E-state index contributed by atoms with van der Waals surface area (Å²) in [6.45, 7) is 7.29. The van der Waals surface area contributed by atoms with Gasteiger partial charge in [-0.25, -0.2) is 0 Å². The van der Waals surface area contributed by atoms with Gasteiger partial charge in [0.1, 0.15) is 0 Å². The number of rotatable bonds is 0. The standard InChI is InChI=1S/C6H11NO.C3H8/c1-5-3-6(8)7(2)4-5;1-3-2/h5H,3-4H2,1-2H3;3H2,1-2H3. The lowest BCUT2D eigenvalue weighted by Gasteiger charge is -2.04. The number of hydrogen-bond acceptors (Lipinski definition) is 1. The van der Waals surface area contributed by atoms with Crippen LogP contribution in [0, 0.1) is 5.92 Å². The molecule has 0 bridgehead atoms. The molecule has 1 heterocycles. The molecule has 0 spiro atoms. The predicted octanol–water partition coefficient (Wildman–Crippen LogP) is 1.90. The Hall–Kier alpha value is -0.530. The monoisotopic (exact) mass is 157 g/mol. The molecule has 0 aromatic carbocycles. The molecule has 11 heavy (non-hydrogen) atoms. The molecule has 1 fully saturated rings. The van der Waals surface area contributed by atoms with Gasteiger partial charge in [-0.05, 0) is 5.92 Å². The number of carbonyl (C=O) groups excluding carboxylic acids is 1. The topological polar surface area (TPSA) is 20.3 Å². The summed E-state index contributed by atoms with van der Waals surface area (Å²) in [7, 11) is 1.85. The molecule has 0 aromatic heterocycles. The second kappa shape index (κ2) is 5.16. The predicted molar refractivity (Wildman–Crippen MR) is 47.4 cm³/mol. The summed E-state index contributed by atoms with van der Waals surface area (Å²) >= 11 is 0. The molecule has 0 aliphatic carbocycles. The lowest BCUT2D eigenvalue weighted by Crippen LogP contribution is -2.18. The van der Waals surface area contributed by atoms with E-state index in [4.69, 9.17) is 0 Å². The Balaban J connectivity index is 0.000000292. The number of carbonyl (C=O) groups is 1. The van der Waals surface area contributed by atoms with Crippen LogP contribution in [-0.2, 0) is 4.79 Å². The quantitative estimate of drug-likeness (QED) is 0.526. The molecule has 1 aliphatic heterocycles. The lowest BCUT2D eigenvalue weighted by molar-refractivity contribution is -0.126. The van der Waals surface area contributed by atoms with E-state index in [0.29, 0.717) is 5.92 Å². The molecule has 66 valence electrons. The largest absolute Gasteiger partial charge is 0.345 e. The van der Waals surface area contributed by atoms with E-state index in [1.807, 2.05) is 7.05 Å². The fourth-order valence-electron chi connectivity index (χ4n) is 1.09. The first-order chi connectivity index (χ1) is 5.11. The van der Waals surface area contributed by atoms with Crippen LogP contribution in [0.1, 0.15) is 33.6 Å². The van der Waals surface area contributed by atoms with Gasteiger partial charge in [0.2, 0.25) is 5.91 Å². The van der Waals surface area contributed by atoms with Gasteiger partial charge in [-0.15, -0.1) is 0 Å². The number of amides is 1. The maximum absolute atomic E-state index is 10.7. The van der Waals surface area contributed by atoms with E-state index in [1.54, 1.807) is 4.90 Å². The van der Waals surface area contributed by atoms with E-state index in [-0.39, 0.29) is 5.91 Å². The van der Waals surface area contributed by atoms with Crippen molar-refractivity contribution in [1.29, 1.82) is 0 Å². The Morgan fingerprint density at radius 1 is 1.55 bits per heavy atom. The molecule has 2 heteroatoms. The van der Waals surface area contributed by atoms with Gasteiger partial charge in [0.05, 0.1) is 0 Å². The van der Waals surface area contributed by atoms with Crippen molar-refractivity contribution in [2.24, 2.45) is 5.92 Å². The molecule has 0 N–H and O–H groups in total. The molecule has 0 radical (unpaired) electrons. The zero-order chi connectivity index (χ0) is 8.85. The molecule has 0 saturated carbocycles. The number of hydrogen-bond donors (Lipinski definition) is 0. The van der Waals surface area contributed by atoms with E-state index < -0.39 is 0 Å². The highest BCUT2D eigenvalue weighted by Crippen LogP contribution is 2.13. The lowest BCUT2D eigenvalue weighted by atomic mass is 10.2. The van der Waals surface area contributed by atoms with Crippen molar-refractivity contribution in [2.45, 2.75) is 33.6 Å². The minimum atomic E-state index is 0.289. The Bertz CT molecular complexity index is 123. The molecule has 1 unspecified atom stereocenters. The van der Waals surface area contributed by atoms with Gasteiger partial charge in [0, 0.05) is 20.0 Å². The van der Waals surface area contributed by atoms with E-state index in [1.165, 1.54) is 6.42 Å². The van der Waals surface area contributed by atoms with Crippen LogP contribution >= 0.6 is 0 Å². The number of likely N-dealkylation sites (tertiary alicyclic amines) is 1. The van der Waals surface area contributed by atoms with E-state index in [0.717, 1.165) is 13.0 Å². The summed E-state index contributed by atoms with van der Waals surface area (Å²) in [6.07, 6.45) is 2.00. The SMILES string of the molecule is CC1CC(=O)N(C)C1.CCC. The summed E-state index contributed by atoms with van der Waals surface area (Å²) in [5.41, 5.74) is 0. The van der Waals surface area contributed by atoms with Crippen molar-refractivity contribution in [2.75, 3.05) is 13.6 Å². The Morgan fingerprint density at radius 2 is 2.00 bits per heavy atom. The van der Waals surface area contributed by atoms with Gasteiger partial charge in [-0.1, -0.05) is 27.2 Å². The van der Waals surface area contributed by atoms with Crippen LogP contribution < -0.4 is 0 Å². The van der Waals surface area contributed by atoms with Crippen LogP contribution in [-0.4, -0.2) is 24.4 Å². The molecular weight excluding hydrogens is 138 g/mol. The van der Waals surface area contributed by atoms with Gasteiger partial charge >= 0.3 is 0 Å².